The van der Waals surface area contributed by atoms with Crippen molar-refractivity contribution < 1.29 is 9.90 Å². The normalized spacial score (nSPS) is 23.0. The Balaban J connectivity index is 1.68. The fraction of sp³-hybridized carbons (Fsp3) is 0.455. The number of rotatable bonds is 2. The molecule has 1 aromatic carbocycles. The van der Waals surface area contributed by atoms with E-state index >= 15 is 0 Å². The summed E-state index contributed by atoms with van der Waals surface area (Å²) in [7, 11) is 0. The Hall–Kier alpha value is -2.36. The first-order valence-corrected chi connectivity index (χ1v) is 9.44. The van der Waals surface area contributed by atoms with Crippen molar-refractivity contribution >= 4 is 22.9 Å². The number of aliphatic imine (C=N–C) groups is 1. The van der Waals surface area contributed by atoms with Crippen LogP contribution in [0.25, 0.3) is 10.9 Å². The number of carbonyl (C=O) groups excluding carboxylic acids is 1. The quantitative estimate of drug-likeness (QED) is 0.738. The molecule has 0 amide bonds. The number of fused-ring (bicyclic) bond motifs is 3. The molecule has 0 saturated carbocycles. The minimum Gasteiger partial charge on any atom is -0.511 e. The zero-order valence-corrected chi connectivity index (χ0v) is 15.7. The molecule has 136 valence electrons. The van der Waals surface area contributed by atoms with E-state index in [0.29, 0.717) is 18.4 Å². The molecule has 4 nitrogen and oxygen atoms in total. The van der Waals surface area contributed by atoms with E-state index in [0.717, 1.165) is 30.5 Å². The number of aryl methyl sites for hydroxylation is 2. The number of carbonyl (C=O) groups is 1. The van der Waals surface area contributed by atoms with Gasteiger partial charge in [-0.05, 0) is 49.3 Å². The maximum Gasteiger partial charge on any atom is 0.168 e. The van der Waals surface area contributed by atoms with Gasteiger partial charge in [0.2, 0.25) is 0 Å². The molecule has 1 aromatic heterocycles. The highest BCUT2D eigenvalue weighted by Gasteiger charge is 2.32. The highest BCUT2D eigenvalue weighted by Crippen LogP contribution is 2.38. The topological polar surface area (TPSA) is 65.4 Å². The van der Waals surface area contributed by atoms with E-state index in [9.17, 15) is 9.90 Å². The molecule has 2 aliphatic carbocycles. The predicted octanol–water partition coefficient (Wildman–Crippen LogP) is 5.13. The second-order valence-electron chi connectivity index (χ2n) is 8.55. The number of aliphatic hydroxyl groups excluding tert-OH is 1. The Bertz CT molecular complexity index is 946. The van der Waals surface area contributed by atoms with Crippen LogP contribution in [0.1, 0.15) is 62.4 Å². The molecule has 0 fully saturated rings. The molecule has 4 rings (SSSR count). The Labute approximate surface area is 154 Å². The summed E-state index contributed by atoms with van der Waals surface area (Å²) in [6, 6.07) is 6.51. The van der Waals surface area contributed by atoms with Crippen molar-refractivity contribution in [2.24, 2.45) is 10.4 Å². The molecule has 1 heterocycles. The number of aliphatic hydroxyl groups is 1. The third-order valence-electron chi connectivity index (χ3n) is 5.61. The van der Waals surface area contributed by atoms with Crippen LogP contribution < -0.4 is 0 Å². The Morgan fingerprint density at radius 3 is 2.88 bits per heavy atom. The van der Waals surface area contributed by atoms with Crippen molar-refractivity contribution in [2.45, 2.75) is 58.9 Å². The highest BCUT2D eigenvalue weighted by atomic mass is 16.3. The molecular weight excluding hydrogens is 324 g/mol. The van der Waals surface area contributed by atoms with Crippen LogP contribution in [0.5, 0.6) is 0 Å². The maximum atomic E-state index is 12.4. The summed E-state index contributed by atoms with van der Waals surface area (Å²) in [6.45, 7) is 6.13. The summed E-state index contributed by atoms with van der Waals surface area (Å²) >= 11 is 0. The second kappa shape index (κ2) is 6.11. The predicted molar refractivity (Wildman–Crippen MR) is 105 cm³/mol. The molecule has 0 spiro atoms. The minimum atomic E-state index is -0.175. The molecule has 0 aliphatic heterocycles. The fourth-order valence-corrected chi connectivity index (χ4v) is 4.31. The fourth-order valence-electron chi connectivity index (χ4n) is 4.31. The molecule has 2 N–H and O–H groups in total. The van der Waals surface area contributed by atoms with Crippen LogP contribution >= 0.6 is 0 Å². The van der Waals surface area contributed by atoms with Crippen LogP contribution in [0.4, 0.5) is 0 Å². The lowest BCUT2D eigenvalue weighted by Crippen LogP contribution is -2.26. The van der Waals surface area contributed by atoms with Crippen molar-refractivity contribution in [3.63, 3.8) is 0 Å². The number of benzene rings is 1. The number of Topliss-reactive ketones (excluding diaryl/α,β-unsaturated/α-hetero) is 1. The van der Waals surface area contributed by atoms with E-state index < -0.39 is 0 Å². The van der Waals surface area contributed by atoms with Gasteiger partial charge in [-0.25, -0.2) is 0 Å². The Kier molecular flexibility index (Phi) is 4.02. The van der Waals surface area contributed by atoms with Gasteiger partial charge >= 0.3 is 0 Å². The number of hydrogen-bond donors (Lipinski definition) is 2. The summed E-state index contributed by atoms with van der Waals surface area (Å²) in [4.78, 5) is 20.7. The van der Waals surface area contributed by atoms with Gasteiger partial charge in [0.1, 0.15) is 5.76 Å². The number of allylic oxidation sites excluding steroid dienone is 2. The zero-order chi connectivity index (χ0) is 18.5. The monoisotopic (exact) mass is 350 g/mol. The van der Waals surface area contributed by atoms with Crippen molar-refractivity contribution in [1.82, 2.24) is 4.98 Å². The maximum absolute atomic E-state index is 12.4. The van der Waals surface area contributed by atoms with E-state index in [1.54, 1.807) is 6.21 Å². The first kappa shape index (κ1) is 17.1. The first-order chi connectivity index (χ1) is 12.3. The number of hydrogen-bond acceptors (Lipinski definition) is 3. The first-order valence-electron chi connectivity index (χ1n) is 9.44. The molecule has 4 heteroatoms. The molecule has 2 aromatic rings. The third-order valence-corrected chi connectivity index (χ3v) is 5.61. The van der Waals surface area contributed by atoms with Gasteiger partial charge in [0, 0.05) is 35.7 Å². The lowest BCUT2D eigenvalue weighted by Gasteiger charge is -2.28. The van der Waals surface area contributed by atoms with Crippen LogP contribution in [0.15, 0.2) is 34.5 Å². The van der Waals surface area contributed by atoms with E-state index in [-0.39, 0.29) is 23.0 Å². The van der Waals surface area contributed by atoms with Gasteiger partial charge < -0.3 is 10.1 Å². The van der Waals surface area contributed by atoms with Gasteiger partial charge in [-0.3, -0.25) is 9.79 Å². The summed E-state index contributed by atoms with van der Waals surface area (Å²) in [5.41, 5.74) is 5.15. The van der Waals surface area contributed by atoms with Crippen molar-refractivity contribution in [1.29, 1.82) is 0 Å². The average Bonchev–Trinajstić information content (AvgIpc) is 2.92. The van der Waals surface area contributed by atoms with Gasteiger partial charge in [0.15, 0.2) is 5.78 Å². The van der Waals surface area contributed by atoms with E-state index in [1.165, 1.54) is 16.5 Å². The molecule has 1 atom stereocenters. The molecule has 0 bridgehead atoms. The van der Waals surface area contributed by atoms with E-state index in [4.69, 9.17) is 4.99 Å². The molecule has 1 unspecified atom stereocenters. The molecule has 2 aliphatic rings. The highest BCUT2D eigenvalue weighted by molar-refractivity contribution is 6.14. The van der Waals surface area contributed by atoms with Gasteiger partial charge in [-0.1, -0.05) is 25.5 Å². The number of aromatic amines is 1. The summed E-state index contributed by atoms with van der Waals surface area (Å²) in [5.74, 6) is 0.170. The van der Waals surface area contributed by atoms with E-state index in [1.807, 2.05) is 13.8 Å². The second-order valence-corrected chi connectivity index (χ2v) is 8.55. The summed E-state index contributed by atoms with van der Waals surface area (Å²) in [5, 5.41) is 11.6. The molecular formula is C22H26N2O2. The van der Waals surface area contributed by atoms with Crippen LogP contribution in [0, 0.1) is 12.3 Å². The lowest BCUT2D eigenvalue weighted by molar-refractivity contribution is -0.117. The Morgan fingerprint density at radius 2 is 2.12 bits per heavy atom. The largest absolute Gasteiger partial charge is 0.511 e. The van der Waals surface area contributed by atoms with Gasteiger partial charge in [-0.2, -0.15) is 0 Å². The lowest BCUT2D eigenvalue weighted by atomic mass is 9.77. The zero-order valence-electron chi connectivity index (χ0n) is 15.7. The number of H-pyrrole nitrogens is 1. The van der Waals surface area contributed by atoms with Crippen LogP contribution in [0.2, 0.25) is 0 Å². The standard InChI is InChI=1S/C22H26N2O2/c1-13-7-8-17-15(9-13)14-5-4-6-18(21(14)24-17)23-12-16-19(25)10-22(2,3)11-20(16)26/h7-9,12,18,24-25H,4-6,10-11H2,1-3H3. The smallest absolute Gasteiger partial charge is 0.168 e. The number of nitrogens with one attached hydrogen (secondary N) is 1. The van der Waals surface area contributed by atoms with Crippen molar-refractivity contribution in [3.05, 3.63) is 46.4 Å². The molecule has 0 radical (unpaired) electrons. The minimum absolute atomic E-state index is 0.00851. The number of ketones is 1. The van der Waals surface area contributed by atoms with Crippen molar-refractivity contribution in [3.8, 4) is 0 Å². The average molecular weight is 350 g/mol. The summed E-state index contributed by atoms with van der Waals surface area (Å²) in [6.07, 6.45) is 5.71. The number of aromatic nitrogens is 1. The van der Waals surface area contributed by atoms with E-state index in [2.05, 4.69) is 30.1 Å². The van der Waals surface area contributed by atoms with Gasteiger partial charge in [0.05, 0.1) is 11.6 Å². The van der Waals surface area contributed by atoms with Gasteiger partial charge in [0.25, 0.3) is 0 Å². The SMILES string of the molecule is Cc1ccc2[nH]c3c(c2c1)CCCC3N=CC1=C(O)CC(C)(C)CC1=O. The van der Waals surface area contributed by atoms with Crippen LogP contribution in [-0.4, -0.2) is 22.1 Å². The Morgan fingerprint density at radius 1 is 1.31 bits per heavy atom. The van der Waals surface area contributed by atoms with Crippen molar-refractivity contribution in [2.75, 3.05) is 0 Å². The summed E-state index contributed by atoms with van der Waals surface area (Å²) < 4.78 is 0. The van der Waals surface area contributed by atoms with Crippen LogP contribution in [-0.2, 0) is 11.2 Å². The third kappa shape index (κ3) is 2.98. The van der Waals surface area contributed by atoms with Gasteiger partial charge in [-0.15, -0.1) is 0 Å². The molecule has 0 saturated heterocycles. The van der Waals surface area contributed by atoms with Crippen LogP contribution in [0.3, 0.4) is 0 Å². The molecule has 26 heavy (non-hydrogen) atoms. The number of nitrogens with zero attached hydrogens (tertiary/aromatic N) is 1.